The largest absolute Gasteiger partial charge is 0.227 e. The van der Waals surface area contributed by atoms with Gasteiger partial charge in [0.15, 0.2) is 0 Å². The third kappa shape index (κ3) is 2.28. The van der Waals surface area contributed by atoms with Gasteiger partial charge in [-0.25, -0.2) is 4.68 Å². The lowest BCUT2D eigenvalue weighted by molar-refractivity contribution is 0.425. The van der Waals surface area contributed by atoms with E-state index in [0.29, 0.717) is 0 Å². The third-order valence-corrected chi connectivity index (χ3v) is 3.17. The van der Waals surface area contributed by atoms with Crippen molar-refractivity contribution in [3.05, 3.63) is 60.2 Å². The smallest absolute Gasteiger partial charge is 0.120 e. The van der Waals surface area contributed by atoms with Crippen molar-refractivity contribution >= 4 is 11.0 Å². The summed E-state index contributed by atoms with van der Waals surface area (Å²) in [4.78, 5) is 0. The minimum absolute atomic E-state index is 0.411. The van der Waals surface area contributed by atoms with Crippen LogP contribution in [-0.2, 0) is 5.54 Å². The monoisotopic (exact) mass is 261 g/mol. The second-order valence-corrected chi connectivity index (χ2v) is 5.17. The molecule has 0 aliphatic heterocycles. The predicted octanol–water partition coefficient (Wildman–Crippen LogP) is 3.22. The first-order valence-electron chi connectivity index (χ1n) is 6.56. The zero-order chi connectivity index (χ0) is 14.0. The second-order valence-electron chi connectivity index (χ2n) is 5.17. The maximum absolute atomic E-state index is 4.24. The Labute approximate surface area is 118 Å². The van der Waals surface area contributed by atoms with Crippen molar-refractivity contribution in [2.24, 2.45) is 0 Å². The number of para-hydroxylation sites is 1. The van der Waals surface area contributed by atoms with Crippen LogP contribution in [-0.4, -0.2) is 15.0 Å². The standard InChI is InChI=1S/C17H15N3/c1-17(2,13-12-14-8-4-3-5-9-14)20-16-11-7-6-10-15(16)18-19-20/h3-11H,1-2H3. The van der Waals surface area contributed by atoms with E-state index in [1.54, 1.807) is 0 Å². The average molecular weight is 261 g/mol. The van der Waals surface area contributed by atoms with Crippen LogP contribution in [0.1, 0.15) is 19.4 Å². The molecule has 1 aromatic heterocycles. The van der Waals surface area contributed by atoms with Crippen LogP contribution in [0.2, 0.25) is 0 Å². The molecule has 0 saturated carbocycles. The first kappa shape index (κ1) is 12.4. The first-order chi connectivity index (χ1) is 9.67. The molecule has 0 bridgehead atoms. The molecule has 0 atom stereocenters. The Balaban J connectivity index is 2.02. The van der Waals surface area contributed by atoms with E-state index in [4.69, 9.17) is 0 Å². The van der Waals surface area contributed by atoms with Crippen LogP contribution < -0.4 is 0 Å². The predicted molar refractivity (Wildman–Crippen MR) is 80.2 cm³/mol. The van der Waals surface area contributed by atoms with Crippen LogP contribution >= 0.6 is 0 Å². The summed E-state index contributed by atoms with van der Waals surface area (Å²) in [6, 6.07) is 17.9. The van der Waals surface area contributed by atoms with Gasteiger partial charge in [0.25, 0.3) is 0 Å². The van der Waals surface area contributed by atoms with Gasteiger partial charge >= 0.3 is 0 Å². The molecular weight excluding hydrogens is 246 g/mol. The zero-order valence-corrected chi connectivity index (χ0v) is 11.5. The fourth-order valence-corrected chi connectivity index (χ4v) is 2.08. The van der Waals surface area contributed by atoms with Crippen LogP contribution in [0.25, 0.3) is 11.0 Å². The molecule has 0 unspecified atom stereocenters. The highest BCUT2D eigenvalue weighted by Crippen LogP contribution is 2.19. The van der Waals surface area contributed by atoms with Gasteiger partial charge in [0.05, 0.1) is 5.52 Å². The molecule has 0 radical (unpaired) electrons. The fourth-order valence-electron chi connectivity index (χ4n) is 2.08. The molecule has 1 heterocycles. The molecule has 98 valence electrons. The maximum atomic E-state index is 4.24. The van der Waals surface area contributed by atoms with Gasteiger partial charge in [0.1, 0.15) is 11.1 Å². The zero-order valence-electron chi connectivity index (χ0n) is 11.5. The third-order valence-electron chi connectivity index (χ3n) is 3.17. The quantitative estimate of drug-likeness (QED) is 0.630. The number of benzene rings is 2. The molecule has 0 N–H and O–H groups in total. The molecule has 0 saturated heterocycles. The molecule has 0 aliphatic rings. The summed E-state index contributed by atoms with van der Waals surface area (Å²) in [5, 5.41) is 8.43. The number of rotatable bonds is 1. The van der Waals surface area contributed by atoms with Crippen molar-refractivity contribution < 1.29 is 0 Å². The summed E-state index contributed by atoms with van der Waals surface area (Å²) in [5.74, 6) is 6.48. The van der Waals surface area contributed by atoms with E-state index in [1.165, 1.54) is 0 Å². The molecule has 2 aromatic carbocycles. The number of nitrogens with zero attached hydrogens (tertiary/aromatic N) is 3. The molecule has 3 rings (SSSR count). The summed E-state index contributed by atoms with van der Waals surface area (Å²) in [7, 11) is 0. The van der Waals surface area contributed by atoms with Crippen LogP contribution in [0.15, 0.2) is 54.6 Å². The van der Waals surface area contributed by atoms with Gasteiger partial charge in [-0.15, -0.1) is 5.10 Å². The first-order valence-corrected chi connectivity index (χ1v) is 6.56. The van der Waals surface area contributed by atoms with Gasteiger partial charge in [0, 0.05) is 5.56 Å². The highest BCUT2D eigenvalue weighted by atomic mass is 15.4. The van der Waals surface area contributed by atoms with Gasteiger partial charge in [-0.05, 0) is 38.1 Å². The number of hydrogen-bond acceptors (Lipinski definition) is 2. The van der Waals surface area contributed by atoms with Crippen LogP contribution in [0.4, 0.5) is 0 Å². The van der Waals surface area contributed by atoms with Crippen molar-refractivity contribution in [2.45, 2.75) is 19.4 Å². The molecule has 20 heavy (non-hydrogen) atoms. The van der Waals surface area contributed by atoms with Crippen molar-refractivity contribution in [3.63, 3.8) is 0 Å². The molecular formula is C17H15N3. The topological polar surface area (TPSA) is 30.7 Å². The highest BCUT2D eigenvalue weighted by molar-refractivity contribution is 5.74. The Morgan fingerprint density at radius 2 is 1.65 bits per heavy atom. The summed E-state index contributed by atoms with van der Waals surface area (Å²) in [5.41, 5.74) is 2.48. The molecule has 0 aliphatic carbocycles. The van der Waals surface area contributed by atoms with E-state index < -0.39 is 5.54 Å². The normalized spacial score (nSPS) is 11.1. The van der Waals surface area contributed by atoms with E-state index in [2.05, 4.69) is 22.2 Å². The van der Waals surface area contributed by atoms with Crippen molar-refractivity contribution in [1.29, 1.82) is 0 Å². The van der Waals surface area contributed by atoms with Gasteiger partial charge in [-0.2, -0.15) is 0 Å². The van der Waals surface area contributed by atoms with E-state index in [1.807, 2.05) is 73.1 Å². The van der Waals surface area contributed by atoms with E-state index in [0.717, 1.165) is 16.6 Å². The lowest BCUT2D eigenvalue weighted by Crippen LogP contribution is -2.25. The summed E-state index contributed by atoms with van der Waals surface area (Å²) >= 11 is 0. The molecule has 0 fully saturated rings. The summed E-state index contributed by atoms with van der Waals surface area (Å²) in [6.07, 6.45) is 0. The molecule has 3 aromatic rings. The minimum Gasteiger partial charge on any atom is -0.227 e. The molecule has 3 heteroatoms. The number of hydrogen-bond donors (Lipinski definition) is 0. The SMILES string of the molecule is CC(C)(C#Cc1ccccc1)n1nnc2ccccc21. The van der Waals surface area contributed by atoms with Gasteiger partial charge < -0.3 is 0 Å². The van der Waals surface area contributed by atoms with Crippen molar-refractivity contribution in [3.8, 4) is 11.8 Å². The molecule has 3 nitrogen and oxygen atoms in total. The highest BCUT2D eigenvalue weighted by Gasteiger charge is 2.20. The number of fused-ring (bicyclic) bond motifs is 1. The van der Waals surface area contributed by atoms with Crippen molar-refractivity contribution in [1.82, 2.24) is 15.0 Å². The average Bonchev–Trinajstić information content (AvgIpc) is 2.91. The van der Waals surface area contributed by atoms with Gasteiger partial charge in [-0.1, -0.05) is 47.4 Å². The Kier molecular flexibility index (Phi) is 3.00. The maximum Gasteiger partial charge on any atom is 0.120 e. The Bertz CT molecular complexity index is 789. The fraction of sp³-hybridized carbons (Fsp3) is 0.176. The molecule has 0 spiro atoms. The lowest BCUT2D eigenvalue weighted by atomic mass is 10.1. The van der Waals surface area contributed by atoms with Crippen molar-refractivity contribution in [2.75, 3.05) is 0 Å². The summed E-state index contributed by atoms with van der Waals surface area (Å²) < 4.78 is 1.87. The second kappa shape index (κ2) is 4.82. The van der Waals surface area contributed by atoms with Gasteiger partial charge in [-0.3, -0.25) is 0 Å². The minimum atomic E-state index is -0.411. The van der Waals surface area contributed by atoms with Crippen LogP contribution in [0, 0.1) is 11.8 Å². The van der Waals surface area contributed by atoms with Crippen LogP contribution in [0.3, 0.4) is 0 Å². The van der Waals surface area contributed by atoms with E-state index >= 15 is 0 Å². The van der Waals surface area contributed by atoms with Gasteiger partial charge in [0.2, 0.25) is 0 Å². The van der Waals surface area contributed by atoms with Crippen LogP contribution in [0.5, 0.6) is 0 Å². The van der Waals surface area contributed by atoms with E-state index in [9.17, 15) is 0 Å². The van der Waals surface area contributed by atoms with E-state index in [-0.39, 0.29) is 0 Å². The Hall–Kier alpha value is -2.60. The number of aromatic nitrogens is 3. The lowest BCUT2D eigenvalue weighted by Gasteiger charge is -2.18. The Morgan fingerprint density at radius 1 is 0.950 bits per heavy atom. The summed E-state index contributed by atoms with van der Waals surface area (Å²) in [6.45, 7) is 4.09. The molecule has 0 amide bonds. The Morgan fingerprint density at radius 3 is 2.45 bits per heavy atom.